The van der Waals surface area contributed by atoms with Crippen molar-refractivity contribution in [2.45, 2.75) is 50.3 Å². The number of nitrogens with one attached hydrogen (secondary N) is 1. The number of carbonyl (C=O) groups excluding carboxylic acids is 2. The van der Waals surface area contributed by atoms with E-state index in [1.807, 2.05) is 42.5 Å². The summed E-state index contributed by atoms with van der Waals surface area (Å²) >= 11 is 1.47. The van der Waals surface area contributed by atoms with Crippen molar-refractivity contribution in [1.29, 1.82) is 0 Å². The van der Waals surface area contributed by atoms with E-state index in [0.29, 0.717) is 11.4 Å². The van der Waals surface area contributed by atoms with Crippen molar-refractivity contribution in [2.75, 3.05) is 18.0 Å². The molecule has 0 saturated carbocycles. The van der Waals surface area contributed by atoms with Crippen LogP contribution in [0.4, 0.5) is 5.69 Å². The van der Waals surface area contributed by atoms with Gasteiger partial charge in [0.05, 0.1) is 10.6 Å². The Labute approximate surface area is 194 Å². The first-order valence-corrected chi connectivity index (χ1v) is 12.3. The van der Waals surface area contributed by atoms with Crippen molar-refractivity contribution in [2.24, 2.45) is 0 Å². The first-order valence-electron chi connectivity index (χ1n) is 11.5. The van der Waals surface area contributed by atoms with E-state index in [9.17, 15) is 9.59 Å². The lowest BCUT2D eigenvalue weighted by Gasteiger charge is -2.29. The molecular formula is C27H30N2O2S. The predicted molar refractivity (Wildman–Crippen MR) is 133 cm³/mol. The molecule has 4 nitrogen and oxygen atoms in total. The monoisotopic (exact) mass is 446 g/mol. The summed E-state index contributed by atoms with van der Waals surface area (Å²) in [6.07, 6.45) is 10.9. The van der Waals surface area contributed by atoms with Crippen LogP contribution < -0.4 is 10.2 Å². The summed E-state index contributed by atoms with van der Waals surface area (Å²) in [5.74, 6) is -0.249. The highest BCUT2D eigenvalue weighted by Crippen LogP contribution is 2.41. The highest BCUT2D eigenvalue weighted by atomic mass is 32.2. The molecule has 0 spiro atoms. The molecule has 2 aliphatic rings. The Morgan fingerprint density at radius 3 is 2.69 bits per heavy atom. The number of anilines is 1. The zero-order chi connectivity index (χ0) is 22.3. The number of hydrogen-bond donors (Lipinski definition) is 1. The van der Waals surface area contributed by atoms with Gasteiger partial charge in [-0.3, -0.25) is 14.5 Å². The minimum Gasteiger partial charge on any atom is -0.354 e. The largest absolute Gasteiger partial charge is 0.354 e. The van der Waals surface area contributed by atoms with Crippen LogP contribution in [0.15, 0.2) is 70.0 Å². The lowest BCUT2D eigenvalue weighted by molar-refractivity contribution is -0.122. The SMILES string of the molecule is CCc1ccc(/C=C2/Sc3ccccc3N(CC(=O)NCCC3=CCCCC3)C2=O)cc1. The van der Waals surface area contributed by atoms with Gasteiger partial charge in [0, 0.05) is 11.4 Å². The Bertz CT molecular complexity index is 1040. The third-order valence-corrected chi connectivity index (χ3v) is 7.05. The van der Waals surface area contributed by atoms with Gasteiger partial charge in [-0.1, -0.05) is 66.7 Å². The second-order valence-electron chi connectivity index (χ2n) is 8.27. The fourth-order valence-corrected chi connectivity index (χ4v) is 5.17. The first kappa shape index (κ1) is 22.4. The fraction of sp³-hybridized carbons (Fsp3) is 0.333. The highest BCUT2D eigenvalue weighted by Gasteiger charge is 2.30. The van der Waals surface area contributed by atoms with Gasteiger partial charge in [0.15, 0.2) is 0 Å². The maximum absolute atomic E-state index is 13.3. The van der Waals surface area contributed by atoms with Crippen molar-refractivity contribution in [1.82, 2.24) is 5.32 Å². The Morgan fingerprint density at radius 2 is 1.94 bits per heavy atom. The van der Waals surface area contributed by atoms with Gasteiger partial charge in [0.2, 0.25) is 5.91 Å². The standard InChI is InChI=1S/C27H30N2O2S/c1-2-20-12-14-22(15-13-20)18-25-27(31)29(23-10-6-7-11-24(23)32-25)19-26(30)28-17-16-21-8-4-3-5-9-21/h6-8,10-15,18H,2-5,9,16-17,19H2,1H3,(H,28,30)/b25-18+. The number of para-hydroxylation sites is 1. The average molecular weight is 447 g/mol. The number of benzene rings is 2. The van der Waals surface area contributed by atoms with E-state index in [1.54, 1.807) is 4.90 Å². The maximum Gasteiger partial charge on any atom is 0.265 e. The van der Waals surface area contributed by atoms with Crippen LogP contribution in [0, 0.1) is 0 Å². The number of carbonyl (C=O) groups is 2. The maximum atomic E-state index is 13.3. The smallest absolute Gasteiger partial charge is 0.265 e. The number of hydrogen-bond acceptors (Lipinski definition) is 3. The van der Waals surface area contributed by atoms with Gasteiger partial charge in [-0.15, -0.1) is 0 Å². The molecule has 0 atom stereocenters. The van der Waals surface area contributed by atoms with Gasteiger partial charge in [-0.2, -0.15) is 0 Å². The minimum atomic E-state index is -0.126. The molecule has 1 aliphatic heterocycles. The number of aryl methyl sites for hydroxylation is 1. The van der Waals surface area contributed by atoms with Crippen molar-refractivity contribution in [3.8, 4) is 0 Å². The Kier molecular flexibility index (Phi) is 7.48. The lowest BCUT2D eigenvalue weighted by Crippen LogP contribution is -2.43. The van der Waals surface area contributed by atoms with E-state index in [0.717, 1.165) is 41.8 Å². The van der Waals surface area contributed by atoms with Crippen LogP contribution in [0.1, 0.15) is 50.2 Å². The average Bonchev–Trinajstić information content (AvgIpc) is 2.83. The van der Waals surface area contributed by atoms with E-state index in [4.69, 9.17) is 0 Å². The number of fused-ring (bicyclic) bond motifs is 1. The molecule has 2 aromatic rings. The highest BCUT2D eigenvalue weighted by molar-refractivity contribution is 8.04. The van der Waals surface area contributed by atoms with Gasteiger partial charge in [0.1, 0.15) is 6.54 Å². The summed E-state index contributed by atoms with van der Waals surface area (Å²) in [5.41, 5.74) is 4.49. The third-order valence-electron chi connectivity index (χ3n) is 5.97. The number of allylic oxidation sites excluding steroid dienone is 1. The normalized spacial score (nSPS) is 17.2. The zero-order valence-electron chi connectivity index (χ0n) is 18.6. The van der Waals surface area contributed by atoms with Gasteiger partial charge < -0.3 is 5.32 Å². The molecule has 2 aromatic carbocycles. The van der Waals surface area contributed by atoms with Gasteiger partial charge in [-0.05, 0) is 67.9 Å². The molecule has 32 heavy (non-hydrogen) atoms. The minimum absolute atomic E-state index is 0.0293. The van der Waals surface area contributed by atoms with Crippen molar-refractivity contribution < 1.29 is 9.59 Å². The predicted octanol–water partition coefficient (Wildman–Crippen LogP) is 5.74. The fourth-order valence-electron chi connectivity index (χ4n) is 4.11. The van der Waals surface area contributed by atoms with Crippen LogP contribution >= 0.6 is 11.8 Å². The van der Waals surface area contributed by atoms with Crippen LogP contribution in [0.25, 0.3) is 6.08 Å². The Morgan fingerprint density at radius 1 is 1.12 bits per heavy atom. The van der Waals surface area contributed by atoms with Gasteiger partial charge >= 0.3 is 0 Å². The van der Waals surface area contributed by atoms with E-state index in [1.165, 1.54) is 35.7 Å². The van der Waals surface area contributed by atoms with Crippen molar-refractivity contribution >= 4 is 35.3 Å². The van der Waals surface area contributed by atoms with Crippen LogP contribution in [0.3, 0.4) is 0 Å². The van der Waals surface area contributed by atoms with Crippen molar-refractivity contribution in [3.05, 3.63) is 76.2 Å². The van der Waals surface area contributed by atoms with Crippen molar-refractivity contribution in [3.63, 3.8) is 0 Å². The second kappa shape index (κ2) is 10.7. The molecule has 1 heterocycles. The summed E-state index contributed by atoms with van der Waals surface area (Å²) in [5, 5.41) is 3.01. The summed E-state index contributed by atoms with van der Waals surface area (Å²) < 4.78 is 0. The summed E-state index contributed by atoms with van der Waals surface area (Å²) in [6, 6.07) is 16.0. The van der Waals surface area contributed by atoms with E-state index in [-0.39, 0.29) is 18.4 Å². The molecule has 1 N–H and O–H groups in total. The summed E-state index contributed by atoms with van der Waals surface area (Å²) in [4.78, 5) is 29.2. The Hall–Kier alpha value is -2.79. The quantitative estimate of drug-likeness (QED) is 0.436. The molecule has 166 valence electrons. The molecule has 0 aromatic heterocycles. The third kappa shape index (κ3) is 5.52. The summed E-state index contributed by atoms with van der Waals surface area (Å²) in [7, 11) is 0. The second-order valence-corrected chi connectivity index (χ2v) is 9.36. The molecular weight excluding hydrogens is 416 g/mol. The molecule has 2 amide bonds. The molecule has 0 bridgehead atoms. The topological polar surface area (TPSA) is 49.4 Å². The molecule has 0 saturated heterocycles. The number of nitrogens with zero attached hydrogens (tertiary/aromatic N) is 1. The first-order chi connectivity index (χ1) is 15.6. The Balaban J connectivity index is 1.47. The van der Waals surface area contributed by atoms with Crippen LogP contribution in [0.5, 0.6) is 0 Å². The zero-order valence-corrected chi connectivity index (χ0v) is 19.4. The molecule has 0 fully saturated rings. The van der Waals surface area contributed by atoms with E-state index in [2.05, 4.69) is 30.4 Å². The molecule has 4 rings (SSSR count). The number of thioether (sulfide) groups is 1. The number of rotatable bonds is 7. The molecule has 1 aliphatic carbocycles. The van der Waals surface area contributed by atoms with E-state index >= 15 is 0 Å². The molecule has 5 heteroatoms. The van der Waals surface area contributed by atoms with Crippen LogP contribution in [-0.2, 0) is 16.0 Å². The van der Waals surface area contributed by atoms with Gasteiger partial charge in [-0.25, -0.2) is 0 Å². The van der Waals surface area contributed by atoms with Crippen LogP contribution in [-0.4, -0.2) is 24.9 Å². The van der Waals surface area contributed by atoms with Crippen LogP contribution in [0.2, 0.25) is 0 Å². The summed E-state index contributed by atoms with van der Waals surface area (Å²) in [6.45, 7) is 2.77. The molecule has 0 radical (unpaired) electrons. The van der Waals surface area contributed by atoms with E-state index < -0.39 is 0 Å². The molecule has 0 unspecified atom stereocenters. The number of amides is 2. The van der Waals surface area contributed by atoms with Gasteiger partial charge in [0.25, 0.3) is 5.91 Å². The lowest BCUT2D eigenvalue weighted by atomic mass is 9.97.